The molecule has 2 nitrogen and oxygen atoms in total. The van der Waals surface area contributed by atoms with E-state index in [1.54, 1.807) is 12.1 Å². The molecular weight excluding hydrogens is 260 g/mol. The summed E-state index contributed by atoms with van der Waals surface area (Å²) in [5, 5.41) is 0.687. The van der Waals surface area contributed by atoms with Crippen molar-refractivity contribution in [1.29, 1.82) is 0 Å². The van der Waals surface area contributed by atoms with Crippen molar-refractivity contribution in [3.05, 3.63) is 47.0 Å². The summed E-state index contributed by atoms with van der Waals surface area (Å²) in [4.78, 5) is 12.1. The number of rotatable bonds is 4. The molecule has 0 aliphatic heterocycles. The first-order valence-corrected chi connectivity index (χ1v) is 6.88. The summed E-state index contributed by atoms with van der Waals surface area (Å²) in [6, 6.07) is 7.34. The Kier molecular flexibility index (Phi) is 4.00. The van der Waals surface area contributed by atoms with E-state index in [1.807, 2.05) is 25.1 Å². The second-order valence-corrected chi connectivity index (χ2v) is 6.02. The quantitative estimate of drug-likeness (QED) is 0.608. The highest BCUT2D eigenvalue weighted by Crippen LogP contribution is 2.59. The minimum Gasteiger partial charge on any atom is -0.461 e. The van der Waals surface area contributed by atoms with E-state index in [-0.39, 0.29) is 17.3 Å². The number of ether oxygens (including phenoxy) is 1. The fourth-order valence-corrected chi connectivity index (χ4v) is 2.65. The van der Waals surface area contributed by atoms with Gasteiger partial charge in [-0.2, -0.15) is 0 Å². The molecule has 1 fully saturated rings. The van der Waals surface area contributed by atoms with Gasteiger partial charge in [0.1, 0.15) is 6.61 Å². The van der Waals surface area contributed by atoms with E-state index < -0.39 is 0 Å². The summed E-state index contributed by atoms with van der Waals surface area (Å²) >= 11 is 5.81. The van der Waals surface area contributed by atoms with Crippen LogP contribution in [0.5, 0.6) is 0 Å². The van der Waals surface area contributed by atoms with Gasteiger partial charge in [0.2, 0.25) is 0 Å². The highest BCUT2D eigenvalue weighted by Gasteiger charge is 2.61. The number of hydrogen-bond donors (Lipinski definition) is 0. The van der Waals surface area contributed by atoms with Crippen molar-refractivity contribution < 1.29 is 9.53 Å². The van der Waals surface area contributed by atoms with Gasteiger partial charge in [-0.1, -0.05) is 49.7 Å². The zero-order chi connectivity index (χ0) is 14.0. The molecule has 1 saturated carbocycles. The smallest absolute Gasteiger partial charge is 0.310 e. The number of halogens is 1. The van der Waals surface area contributed by atoms with Crippen molar-refractivity contribution in [2.24, 2.45) is 17.3 Å². The molecule has 0 N–H and O–H groups in total. The van der Waals surface area contributed by atoms with Crippen LogP contribution in [0.3, 0.4) is 0 Å². The predicted molar refractivity (Wildman–Crippen MR) is 76.8 cm³/mol. The maximum absolute atomic E-state index is 12.1. The molecule has 2 rings (SSSR count). The van der Waals surface area contributed by atoms with Crippen LogP contribution in [-0.2, 0) is 16.1 Å². The third kappa shape index (κ3) is 3.01. The van der Waals surface area contributed by atoms with Crippen LogP contribution >= 0.6 is 11.6 Å². The summed E-state index contributed by atoms with van der Waals surface area (Å²) in [5.74, 6) is 0.175. The minimum absolute atomic E-state index is 0.0174. The zero-order valence-electron chi connectivity index (χ0n) is 11.5. The molecule has 0 aromatic heterocycles. The lowest BCUT2D eigenvalue weighted by Gasteiger charge is -2.06. The lowest BCUT2D eigenvalue weighted by Crippen LogP contribution is -2.10. The number of carbonyl (C=O) groups excluding carboxylic acids is 1. The van der Waals surface area contributed by atoms with Crippen LogP contribution in [0.1, 0.15) is 26.3 Å². The fraction of sp³-hybridized carbons (Fsp3) is 0.438. The van der Waals surface area contributed by atoms with E-state index in [0.717, 1.165) is 5.56 Å². The number of esters is 1. The molecule has 0 heterocycles. The standard InChI is InChI=1S/C16H19ClO2/c1-4-5-13-14(16(13,2)3)15(18)19-10-11-6-8-12(17)9-7-11/h4-9,13-14H,10H2,1-3H3. The fourth-order valence-electron chi connectivity index (χ4n) is 2.52. The molecule has 1 aliphatic carbocycles. The first kappa shape index (κ1) is 14.1. The summed E-state index contributed by atoms with van der Waals surface area (Å²) in [5.41, 5.74) is 0.975. The van der Waals surface area contributed by atoms with Crippen molar-refractivity contribution in [2.75, 3.05) is 0 Å². The average molecular weight is 279 g/mol. The van der Waals surface area contributed by atoms with Gasteiger partial charge >= 0.3 is 5.97 Å². The summed E-state index contributed by atoms with van der Waals surface area (Å²) in [7, 11) is 0. The molecule has 2 atom stereocenters. The van der Waals surface area contributed by atoms with E-state index in [2.05, 4.69) is 19.9 Å². The van der Waals surface area contributed by atoms with Gasteiger partial charge in [0.15, 0.2) is 0 Å². The van der Waals surface area contributed by atoms with Gasteiger partial charge in [-0.15, -0.1) is 0 Å². The first-order chi connectivity index (χ1) is 8.96. The average Bonchev–Trinajstić information content (AvgIpc) is 2.91. The lowest BCUT2D eigenvalue weighted by molar-refractivity contribution is -0.147. The molecular formula is C16H19ClO2. The number of benzene rings is 1. The summed E-state index contributed by atoms with van der Waals surface area (Å²) < 4.78 is 5.39. The van der Waals surface area contributed by atoms with Gasteiger partial charge in [0, 0.05) is 5.02 Å². The van der Waals surface area contributed by atoms with Crippen LogP contribution in [-0.4, -0.2) is 5.97 Å². The second kappa shape index (κ2) is 5.38. The molecule has 0 spiro atoms. The molecule has 19 heavy (non-hydrogen) atoms. The normalized spacial score (nSPS) is 24.4. The molecule has 1 aromatic carbocycles. The van der Waals surface area contributed by atoms with Gasteiger partial charge in [-0.3, -0.25) is 4.79 Å². The highest BCUT2D eigenvalue weighted by atomic mass is 35.5. The number of hydrogen-bond acceptors (Lipinski definition) is 2. The molecule has 2 unspecified atom stereocenters. The Morgan fingerprint density at radius 2 is 2.00 bits per heavy atom. The van der Waals surface area contributed by atoms with E-state index in [1.165, 1.54) is 0 Å². The van der Waals surface area contributed by atoms with Crippen LogP contribution in [0.15, 0.2) is 36.4 Å². The Balaban J connectivity index is 1.91. The summed E-state index contributed by atoms with van der Waals surface area (Å²) in [6.07, 6.45) is 4.09. The molecule has 1 aromatic rings. The third-order valence-electron chi connectivity index (χ3n) is 3.86. The monoisotopic (exact) mass is 278 g/mol. The minimum atomic E-state index is -0.108. The van der Waals surface area contributed by atoms with Crippen molar-refractivity contribution >= 4 is 17.6 Å². The Morgan fingerprint density at radius 3 is 2.58 bits per heavy atom. The van der Waals surface area contributed by atoms with Crippen LogP contribution in [0.2, 0.25) is 5.02 Å². The van der Waals surface area contributed by atoms with Crippen molar-refractivity contribution in [3.63, 3.8) is 0 Å². The molecule has 102 valence electrons. The summed E-state index contributed by atoms with van der Waals surface area (Å²) in [6.45, 7) is 6.49. The van der Waals surface area contributed by atoms with E-state index in [4.69, 9.17) is 16.3 Å². The van der Waals surface area contributed by atoms with E-state index in [0.29, 0.717) is 17.5 Å². The number of carbonyl (C=O) groups is 1. The topological polar surface area (TPSA) is 26.3 Å². The van der Waals surface area contributed by atoms with Crippen LogP contribution < -0.4 is 0 Å². The number of allylic oxidation sites excluding steroid dienone is 2. The van der Waals surface area contributed by atoms with Gasteiger partial charge in [0.05, 0.1) is 5.92 Å². The Bertz CT molecular complexity index is 488. The molecule has 0 bridgehead atoms. The van der Waals surface area contributed by atoms with Gasteiger partial charge in [-0.05, 0) is 36.0 Å². The van der Waals surface area contributed by atoms with E-state index in [9.17, 15) is 4.79 Å². The van der Waals surface area contributed by atoms with Crippen LogP contribution in [0, 0.1) is 17.3 Å². The van der Waals surface area contributed by atoms with Crippen LogP contribution in [0.25, 0.3) is 0 Å². The van der Waals surface area contributed by atoms with Crippen molar-refractivity contribution in [2.45, 2.75) is 27.4 Å². The Labute approximate surface area is 119 Å². The van der Waals surface area contributed by atoms with Crippen molar-refractivity contribution in [1.82, 2.24) is 0 Å². The Morgan fingerprint density at radius 1 is 1.37 bits per heavy atom. The zero-order valence-corrected chi connectivity index (χ0v) is 12.3. The molecule has 1 aliphatic rings. The molecule has 3 heteroatoms. The Hall–Kier alpha value is -1.28. The molecule has 0 amide bonds. The van der Waals surface area contributed by atoms with Crippen molar-refractivity contribution in [3.8, 4) is 0 Å². The molecule has 0 radical (unpaired) electrons. The lowest BCUT2D eigenvalue weighted by atomic mass is 10.1. The maximum atomic E-state index is 12.1. The van der Waals surface area contributed by atoms with Gasteiger partial charge in [0.25, 0.3) is 0 Å². The predicted octanol–water partition coefficient (Wildman–Crippen LogP) is 4.23. The van der Waals surface area contributed by atoms with Crippen LogP contribution in [0.4, 0.5) is 0 Å². The molecule has 0 saturated heterocycles. The third-order valence-corrected chi connectivity index (χ3v) is 4.11. The van der Waals surface area contributed by atoms with E-state index >= 15 is 0 Å². The first-order valence-electron chi connectivity index (χ1n) is 6.50. The largest absolute Gasteiger partial charge is 0.461 e. The maximum Gasteiger partial charge on any atom is 0.310 e. The highest BCUT2D eigenvalue weighted by molar-refractivity contribution is 6.30. The van der Waals surface area contributed by atoms with Gasteiger partial charge < -0.3 is 4.74 Å². The van der Waals surface area contributed by atoms with Gasteiger partial charge in [-0.25, -0.2) is 0 Å². The second-order valence-electron chi connectivity index (χ2n) is 5.58. The SMILES string of the molecule is CC=CC1C(C(=O)OCc2ccc(Cl)cc2)C1(C)C.